The third kappa shape index (κ3) is 3.08. The summed E-state index contributed by atoms with van der Waals surface area (Å²) in [5.74, 6) is 0. The Labute approximate surface area is 156 Å². The van der Waals surface area contributed by atoms with Gasteiger partial charge in [0, 0.05) is 39.6 Å². The average molecular weight is 388 g/mol. The predicted octanol–water partition coefficient (Wildman–Crippen LogP) is 1.01. The van der Waals surface area contributed by atoms with E-state index >= 15 is 0 Å². The van der Waals surface area contributed by atoms with E-state index in [-0.39, 0.29) is 10.3 Å². The predicted molar refractivity (Wildman–Crippen MR) is 102 cm³/mol. The number of pyridine rings is 1. The molecule has 2 heterocycles. The van der Waals surface area contributed by atoms with E-state index < -0.39 is 27.3 Å². The lowest BCUT2D eigenvalue weighted by molar-refractivity contribution is 0.398. The molecule has 1 aromatic carbocycles. The van der Waals surface area contributed by atoms with Gasteiger partial charge in [0.25, 0.3) is 5.56 Å². The van der Waals surface area contributed by atoms with Crippen molar-refractivity contribution in [2.75, 3.05) is 7.05 Å². The van der Waals surface area contributed by atoms with Crippen molar-refractivity contribution in [2.45, 2.75) is 17.9 Å². The molecule has 3 rings (SSSR count). The van der Waals surface area contributed by atoms with Crippen molar-refractivity contribution in [3.63, 3.8) is 0 Å². The average Bonchev–Trinajstić information content (AvgIpc) is 2.69. The molecule has 1 unspecified atom stereocenters. The number of benzene rings is 1. The smallest absolute Gasteiger partial charge is 0.296 e. The minimum Gasteiger partial charge on any atom is -0.296 e. The largest absolute Gasteiger partial charge is 0.330 e. The Bertz CT molecular complexity index is 1230. The van der Waals surface area contributed by atoms with Gasteiger partial charge in [-0.25, -0.2) is 13.2 Å². The van der Waals surface area contributed by atoms with Crippen LogP contribution in [-0.2, 0) is 24.1 Å². The molecule has 9 heteroatoms. The highest BCUT2D eigenvalue weighted by atomic mass is 32.2. The number of aryl methyl sites for hydroxylation is 1. The third-order valence-corrected chi connectivity index (χ3v) is 6.75. The lowest BCUT2D eigenvalue weighted by atomic mass is 10.1. The van der Waals surface area contributed by atoms with Gasteiger partial charge >= 0.3 is 5.69 Å². The molecular weight excluding hydrogens is 368 g/mol. The Balaban J connectivity index is 2.14. The minimum absolute atomic E-state index is 0.0102. The summed E-state index contributed by atoms with van der Waals surface area (Å²) in [4.78, 5) is 28.5. The normalized spacial score (nSPS) is 13.2. The maximum absolute atomic E-state index is 13.1. The quantitative estimate of drug-likeness (QED) is 0.665. The van der Waals surface area contributed by atoms with E-state index in [0.717, 1.165) is 10.1 Å². The zero-order valence-electron chi connectivity index (χ0n) is 15.4. The van der Waals surface area contributed by atoms with Crippen LogP contribution < -0.4 is 11.2 Å². The van der Waals surface area contributed by atoms with Crippen molar-refractivity contribution < 1.29 is 8.42 Å². The first kappa shape index (κ1) is 19.0. The second-order valence-corrected chi connectivity index (χ2v) is 8.37. The van der Waals surface area contributed by atoms with Crippen molar-refractivity contribution in [3.8, 4) is 0 Å². The third-order valence-electron chi connectivity index (χ3n) is 4.83. The second kappa shape index (κ2) is 6.75. The molecule has 142 valence electrons. The van der Waals surface area contributed by atoms with Crippen LogP contribution in [0, 0.1) is 0 Å². The van der Waals surface area contributed by atoms with Crippen LogP contribution in [0.3, 0.4) is 0 Å². The van der Waals surface area contributed by atoms with Gasteiger partial charge in [-0.2, -0.15) is 4.31 Å². The highest BCUT2D eigenvalue weighted by molar-refractivity contribution is 7.89. The van der Waals surface area contributed by atoms with Crippen LogP contribution in [0.25, 0.3) is 10.9 Å². The van der Waals surface area contributed by atoms with Crippen LogP contribution in [0.15, 0.2) is 57.2 Å². The Morgan fingerprint density at radius 1 is 1.11 bits per heavy atom. The number of nitrogens with zero attached hydrogens (tertiary/aromatic N) is 4. The summed E-state index contributed by atoms with van der Waals surface area (Å²) in [6.07, 6.45) is 3.23. The molecule has 27 heavy (non-hydrogen) atoms. The number of sulfonamides is 1. The summed E-state index contributed by atoms with van der Waals surface area (Å²) >= 11 is 0. The van der Waals surface area contributed by atoms with Crippen LogP contribution in [0.4, 0.5) is 0 Å². The lowest BCUT2D eigenvalue weighted by Gasteiger charge is -2.24. The Morgan fingerprint density at radius 2 is 1.81 bits per heavy atom. The Kier molecular flexibility index (Phi) is 4.75. The zero-order valence-corrected chi connectivity index (χ0v) is 16.3. The van der Waals surface area contributed by atoms with Crippen molar-refractivity contribution in [3.05, 3.63) is 69.1 Å². The lowest BCUT2D eigenvalue weighted by Crippen LogP contribution is -2.37. The minimum atomic E-state index is -3.86. The van der Waals surface area contributed by atoms with Gasteiger partial charge < -0.3 is 0 Å². The summed E-state index contributed by atoms with van der Waals surface area (Å²) in [7, 11) is 0.521. The van der Waals surface area contributed by atoms with E-state index in [4.69, 9.17) is 0 Å². The summed E-state index contributed by atoms with van der Waals surface area (Å²) in [5.41, 5.74) is 0.131. The van der Waals surface area contributed by atoms with Gasteiger partial charge in [0.1, 0.15) is 0 Å². The van der Waals surface area contributed by atoms with Gasteiger partial charge in [-0.3, -0.25) is 18.9 Å². The van der Waals surface area contributed by atoms with Crippen LogP contribution >= 0.6 is 0 Å². The van der Waals surface area contributed by atoms with Gasteiger partial charge in [0.05, 0.1) is 15.8 Å². The van der Waals surface area contributed by atoms with E-state index in [1.54, 1.807) is 31.5 Å². The molecule has 2 aromatic heterocycles. The molecular formula is C18H20N4O4S. The van der Waals surface area contributed by atoms with Gasteiger partial charge in [-0.15, -0.1) is 0 Å². The van der Waals surface area contributed by atoms with Crippen molar-refractivity contribution in [2.24, 2.45) is 14.1 Å². The van der Waals surface area contributed by atoms with Crippen LogP contribution in [0.2, 0.25) is 0 Å². The van der Waals surface area contributed by atoms with E-state index in [2.05, 4.69) is 4.98 Å². The molecule has 0 radical (unpaired) electrons. The fourth-order valence-corrected chi connectivity index (χ4v) is 4.32. The molecule has 0 aliphatic heterocycles. The summed E-state index contributed by atoms with van der Waals surface area (Å²) in [5, 5.41) is 0.170. The highest BCUT2D eigenvalue weighted by Crippen LogP contribution is 2.26. The fourth-order valence-electron chi connectivity index (χ4n) is 2.94. The van der Waals surface area contributed by atoms with Gasteiger partial charge in [0.15, 0.2) is 0 Å². The summed E-state index contributed by atoms with van der Waals surface area (Å²) in [6, 6.07) is 7.31. The number of hydrogen-bond acceptors (Lipinski definition) is 5. The summed E-state index contributed by atoms with van der Waals surface area (Å²) < 4.78 is 29.6. The first-order chi connectivity index (χ1) is 12.7. The van der Waals surface area contributed by atoms with Crippen molar-refractivity contribution in [1.82, 2.24) is 18.4 Å². The molecule has 0 spiro atoms. The Hall–Kier alpha value is -2.78. The van der Waals surface area contributed by atoms with E-state index in [9.17, 15) is 18.0 Å². The van der Waals surface area contributed by atoms with Gasteiger partial charge in [0.2, 0.25) is 10.0 Å². The molecule has 0 aliphatic rings. The molecule has 0 bridgehead atoms. The maximum Gasteiger partial charge on any atom is 0.330 e. The maximum atomic E-state index is 13.1. The van der Waals surface area contributed by atoms with Gasteiger partial charge in [-0.05, 0) is 36.8 Å². The molecule has 0 N–H and O–H groups in total. The highest BCUT2D eigenvalue weighted by Gasteiger charge is 2.27. The van der Waals surface area contributed by atoms with Crippen LogP contribution in [0.1, 0.15) is 18.5 Å². The molecule has 1 atom stereocenters. The molecule has 0 saturated carbocycles. The number of hydrogen-bond donors (Lipinski definition) is 0. The van der Waals surface area contributed by atoms with E-state index in [1.807, 2.05) is 0 Å². The molecule has 3 aromatic rings. The molecule has 0 amide bonds. The number of fused-ring (bicyclic) bond motifs is 1. The molecule has 8 nitrogen and oxygen atoms in total. The first-order valence-corrected chi connectivity index (χ1v) is 9.68. The zero-order chi connectivity index (χ0) is 19.9. The SMILES string of the molecule is CC(c1cccnc1)N(C)S(=O)(=O)c1ccc2c(c1)c(=O)n(C)c(=O)n2C. The van der Waals surface area contributed by atoms with Gasteiger partial charge in [-0.1, -0.05) is 6.07 Å². The first-order valence-electron chi connectivity index (χ1n) is 8.24. The second-order valence-electron chi connectivity index (χ2n) is 6.37. The van der Waals surface area contributed by atoms with Crippen LogP contribution in [0.5, 0.6) is 0 Å². The van der Waals surface area contributed by atoms with Crippen molar-refractivity contribution >= 4 is 20.9 Å². The number of aromatic nitrogens is 3. The fraction of sp³-hybridized carbons (Fsp3) is 0.278. The molecule has 0 saturated heterocycles. The monoisotopic (exact) mass is 388 g/mol. The number of rotatable bonds is 4. The topological polar surface area (TPSA) is 94.3 Å². The standard InChI is InChI=1S/C18H20N4O4S/c1-12(13-6-5-9-19-11-13)22(4)27(25,26)14-7-8-16-15(10-14)17(23)21(3)18(24)20(16)2/h5-12H,1-4H3. The van der Waals surface area contributed by atoms with E-state index in [1.165, 1.54) is 48.2 Å². The molecule has 0 fully saturated rings. The molecule has 0 aliphatic carbocycles. The van der Waals surface area contributed by atoms with E-state index in [0.29, 0.717) is 5.52 Å². The Morgan fingerprint density at radius 3 is 2.44 bits per heavy atom. The van der Waals surface area contributed by atoms with Crippen molar-refractivity contribution in [1.29, 1.82) is 0 Å². The van der Waals surface area contributed by atoms with Crippen LogP contribution in [-0.4, -0.2) is 33.9 Å². The summed E-state index contributed by atoms with van der Waals surface area (Å²) in [6.45, 7) is 1.76.